The predicted molar refractivity (Wildman–Crippen MR) is 128 cm³/mol. The first-order chi connectivity index (χ1) is 16.2. The van der Waals surface area contributed by atoms with Crippen molar-refractivity contribution in [3.63, 3.8) is 0 Å². The Morgan fingerprint density at radius 2 is 1.73 bits per heavy atom. The van der Waals surface area contributed by atoms with E-state index >= 15 is 0 Å². The largest absolute Gasteiger partial charge is 0.383 e. The monoisotopic (exact) mass is 447 g/mol. The Kier molecular flexibility index (Phi) is 6.69. The van der Waals surface area contributed by atoms with E-state index in [-0.39, 0.29) is 12.5 Å². The number of carbonyl (C=O) groups excluding carboxylic acids is 1. The van der Waals surface area contributed by atoms with Gasteiger partial charge in [0.25, 0.3) is 0 Å². The first-order valence-corrected chi connectivity index (χ1v) is 12.1. The van der Waals surface area contributed by atoms with Crippen molar-refractivity contribution in [2.24, 2.45) is 5.92 Å². The number of piperidine rings is 1. The molecule has 1 aliphatic heterocycles. The van der Waals surface area contributed by atoms with E-state index in [1.165, 1.54) is 22.3 Å². The fourth-order valence-corrected chi connectivity index (χ4v) is 5.40. The molecule has 2 aromatic carbocycles. The molecular weight excluding hydrogens is 414 g/mol. The minimum atomic E-state index is 0.0535. The average molecular weight is 448 g/mol. The zero-order valence-corrected chi connectivity index (χ0v) is 19.4. The maximum atomic E-state index is 13.2. The minimum Gasteiger partial charge on any atom is -0.383 e. The summed E-state index contributed by atoms with van der Waals surface area (Å²) in [6.45, 7) is 4.27. The van der Waals surface area contributed by atoms with Crippen LogP contribution in [0.4, 0.5) is 0 Å². The summed E-state index contributed by atoms with van der Waals surface area (Å²) >= 11 is 0. The zero-order chi connectivity index (χ0) is 22.6. The van der Waals surface area contributed by atoms with Crippen molar-refractivity contribution in [3.8, 4) is 0 Å². The van der Waals surface area contributed by atoms with Gasteiger partial charge in [0, 0.05) is 32.8 Å². The second kappa shape index (κ2) is 10.0. The van der Waals surface area contributed by atoms with Gasteiger partial charge in [-0.1, -0.05) is 36.4 Å². The van der Waals surface area contributed by atoms with Crippen LogP contribution in [0.15, 0.2) is 48.5 Å². The Morgan fingerprint density at radius 3 is 2.39 bits per heavy atom. The van der Waals surface area contributed by atoms with Gasteiger partial charge >= 0.3 is 0 Å². The molecule has 0 radical (unpaired) electrons. The quantitative estimate of drug-likeness (QED) is 0.531. The van der Waals surface area contributed by atoms with Crippen molar-refractivity contribution in [2.75, 3.05) is 39.9 Å². The summed E-state index contributed by atoms with van der Waals surface area (Å²) in [5.74, 6) is 0.533. The summed E-state index contributed by atoms with van der Waals surface area (Å²) in [5, 5.41) is 8.93. The van der Waals surface area contributed by atoms with Crippen molar-refractivity contribution in [1.29, 1.82) is 0 Å². The number of likely N-dealkylation sites (tertiary alicyclic amines) is 1. The summed E-state index contributed by atoms with van der Waals surface area (Å²) in [6.07, 6.45) is 4.65. The van der Waals surface area contributed by atoms with Gasteiger partial charge in [-0.05, 0) is 61.4 Å². The Morgan fingerprint density at radius 1 is 1.06 bits per heavy atom. The first kappa shape index (κ1) is 22.0. The molecule has 0 bridgehead atoms. The molecule has 5 rings (SSSR count). The van der Waals surface area contributed by atoms with Gasteiger partial charge in [0.05, 0.1) is 6.61 Å². The number of nitrogens with zero attached hydrogens (tertiary/aromatic N) is 5. The SMILES string of the molecule is COCCN(C[C@H]1CCCN(C2Cc3ccccc3C2)C1)C(=O)Cn1nc2ccccc2n1. The predicted octanol–water partition coefficient (Wildman–Crippen LogP) is 2.79. The summed E-state index contributed by atoms with van der Waals surface area (Å²) < 4.78 is 5.31. The van der Waals surface area contributed by atoms with Crippen molar-refractivity contribution < 1.29 is 9.53 Å². The summed E-state index contributed by atoms with van der Waals surface area (Å²) in [7, 11) is 1.69. The van der Waals surface area contributed by atoms with Crippen LogP contribution in [0.3, 0.4) is 0 Å². The molecule has 2 aliphatic rings. The highest BCUT2D eigenvalue weighted by Gasteiger charge is 2.31. The molecule has 7 heteroatoms. The van der Waals surface area contributed by atoms with Gasteiger partial charge in [0.1, 0.15) is 17.6 Å². The van der Waals surface area contributed by atoms with Gasteiger partial charge in [0.15, 0.2) is 0 Å². The van der Waals surface area contributed by atoms with Crippen molar-refractivity contribution in [1.82, 2.24) is 24.8 Å². The maximum absolute atomic E-state index is 13.2. The van der Waals surface area contributed by atoms with Gasteiger partial charge in [-0.25, -0.2) is 0 Å². The van der Waals surface area contributed by atoms with Gasteiger partial charge in [-0.2, -0.15) is 15.0 Å². The topological polar surface area (TPSA) is 63.5 Å². The van der Waals surface area contributed by atoms with Gasteiger partial charge in [-0.15, -0.1) is 0 Å². The van der Waals surface area contributed by atoms with Crippen LogP contribution in [0, 0.1) is 5.92 Å². The molecule has 1 amide bonds. The fourth-order valence-electron chi connectivity index (χ4n) is 5.40. The van der Waals surface area contributed by atoms with Gasteiger partial charge < -0.3 is 9.64 Å². The summed E-state index contributed by atoms with van der Waals surface area (Å²) in [5.41, 5.74) is 4.63. The van der Waals surface area contributed by atoms with E-state index in [4.69, 9.17) is 4.74 Å². The number of ether oxygens (including phenoxy) is 1. The number of methoxy groups -OCH3 is 1. The summed E-state index contributed by atoms with van der Waals surface area (Å²) in [6, 6.07) is 17.1. The van der Waals surface area contributed by atoms with E-state index < -0.39 is 0 Å². The van der Waals surface area contributed by atoms with Crippen LogP contribution in [0.25, 0.3) is 11.0 Å². The van der Waals surface area contributed by atoms with Crippen molar-refractivity contribution in [3.05, 3.63) is 59.7 Å². The standard InChI is InChI=1S/C26H33N5O2/c1-33-14-13-30(26(32)19-31-27-24-10-4-5-11-25(24)28-31)18-20-7-6-12-29(17-20)23-15-21-8-2-3-9-22(21)16-23/h2-5,8-11,20,23H,6-7,12-19H2,1H3/t20-/m0/s1. The third kappa shape index (κ3) is 5.09. The molecule has 1 aliphatic carbocycles. The number of amides is 1. The Balaban J connectivity index is 1.22. The molecule has 0 N–H and O–H groups in total. The van der Waals surface area contributed by atoms with E-state index in [1.807, 2.05) is 29.2 Å². The van der Waals surface area contributed by atoms with Crippen molar-refractivity contribution >= 4 is 16.9 Å². The number of aromatic nitrogens is 3. The maximum Gasteiger partial charge on any atom is 0.246 e. The van der Waals surface area contributed by atoms with E-state index in [0.717, 1.165) is 49.9 Å². The van der Waals surface area contributed by atoms with Crippen LogP contribution < -0.4 is 0 Å². The van der Waals surface area contributed by atoms with Crippen LogP contribution >= 0.6 is 0 Å². The van der Waals surface area contributed by atoms with Crippen LogP contribution in [0.2, 0.25) is 0 Å². The number of carbonyl (C=O) groups is 1. The number of fused-ring (bicyclic) bond motifs is 2. The Labute approximate surface area is 195 Å². The third-order valence-corrected chi connectivity index (χ3v) is 7.10. The van der Waals surface area contributed by atoms with E-state index in [1.54, 1.807) is 7.11 Å². The lowest BCUT2D eigenvalue weighted by atomic mass is 9.95. The highest BCUT2D eigenvalue weighted by atomic mass is 16.5. The second-order valence-electron chi connectivity index (χ2n) is 9.39. The number of hydrogen-bond acceptors (Lipinski definition) is 5. The molecule has 1 aromatic heterocycles. The number of benzene rings is 2. The minimum absolute atomic E-state index is 0.0535. The van der Waals surface area contributed by atoms with E-state index in [9.17, 15) is 4.79 Å². The lowest BCUT2D eigenvalue weighted by Gasteiger charge is -2.38. The molecular formula is C26H33N5O2. The van der Waals surface area contributed by atoms with Crippen LogP contribution in [0.1, 0.15) is 24.0 Å². The Bertz CT molecular complexity index is 1040. The molecule has 1 fully saturated rings. The van der Waals surface area contributed by atoms with Crippen LogP contribution in [0.5, 0.6) is 0 Å². The molecule has 0 spiro atoms. The summed E-state index contributed by atoms with van der Waals surface area (Å²) in [4.78, 5) is 19.4. The third-order valence-electron chi connectivity index (χ3n) is 7.10. The van der Waals surface area contributed by atoms with E-state index in [2.05, 4.69) is 39.4 Å². The molecule has 0 saturated carbocycles. The normalized spacial score (nSPS) is 19.1. The van der Waals surface area contributed by atoms with Gasteiger partial charge in [0.2, 0.25) is 5.91 Å². The highest BCUT2D eigenvalue weighted by Crippen LogP contribution is 2.29. The molecule has 7 nitrogen and oxygen atoms in total. The lowest BCUT2D eigenvalue weighted by Crippen LogP contribution is -2.48. The highest BCUT2D eigenvalue weighted by molar-refractivity contribution is 5.77. The molecule has 0 unspecified atom stereocenters. The molecule has 33 heavy (non-hydrogen) atoms. The molecule has 2 heterocycles. The second-order valence-corrected chi connectivity index (χ2v) is 9.39. The molecule has 1 saturated heterocycles. The Hall–Kier alpha value is -2.77. The first-order valence-electron chi connectivity index (χ1n) is 12.1. The van der Waals surface area contributed by atoms with E-state index in [0.29, 0.717) is 25.1 Å². The van der Waals surface area contributed by atoms with Crippen LogP contribution in [-0.4, -0.2) is 76.6 Å². The average Bonchev–Trinajstić information content (AvgIpc) is 3.45. The molecule has 174 valence electrons. The number of rotatable bonds is 8. The van der Waals surface area contributed by atoms with Crippen LogP contribution in [-0.2, 0) is 28.9 Å². The van der Waals surface area contributed by atoms with Crippen molar-refractivity contribution in [2.45, 2.75) is 38.3 Å². The molecule has 1 atom stereocenters. The smallest absolute Gasteiger partial charge is 0.246 e. The fraction of sp³-hybridized carbons (Fsp3) is 0.500. The van der Waals surface area contributed by atoms with Gasteiger partial charge in [-0.3, -0.25) is 9.69 Å². The lowest BCUT2D eigenvalue weighted by molar-refractivity contribution is -0.134. The zero-order valence-electron chi connectivity index (χ0n) is 19.4. The number of hydrogen-bond donors (Lipinski definition) is 0. The molecule has 3 aromatic rings.